The van der Waals surface area contributed by atoms with Crippen molar-refractivity contribution < 1.29 is 14.3 Å². The summed E-state index contributed by atoms with van der Waals surface area (Å²) in [4.78, 5) is 6.26. The lowest BCUT2D eigenvalue weighted by Crippen LogP contribution is -2.33. The monoisotopic (exact) mass is 363 g/mol. The van der Waals surface area contributed by atoms with Crippen LogP contribution in [0.15, 0.2) is 41.7 Å². The van der Waals surface area contributed by atoms with E-state index in [4.69, 9.17) is 16.3 Å². The maximum absolute atomic E-state index is 13.2. The van der Waals surface area contributed by atoms with Crippen molar-refractivity contribution in [1.82, 2.24) is 9.88 Å². The molecule has 1 fully saturated rings. The second-order valence-corrected chi connectivity index (χ2v) is 6.26. The van der Waals surface area contributed by atoms with Gasteiger partial charge in [-0.1, -0.05) is 29.6 Å². The van der Waals surface area contributed by atoms with Crippen LogP contribution < -0.4 is 4.74 Å². The minimum atomic E-state index is -0.444. The average molecular weight is 364 g/mol. The molecule has 0 aliphatic carbocycles. The molecule has 1 aliphatic heterocycles. The van der Waals surface area contributed by atoms with Gasteiger partial charge in [-0.3, -0.25) is 0 Å². The molecule has 0 unspecified atom stereocenters. The minimum absolute atomic E-state index is 0.147. The highest BCUT2D eigenvalue weighted by molar-refractivity contribution is 6.32. The summed E-state index contributed by atoms with van der Waals surface area (Å²) in [6.07, 6.45) is 5.99. The third-order valence-electron chi connectivity index (χ3n) is 4.11. The van der Waals surface area contributed by atoms with Crippen LogP contribution in [-0.2, 0) is 0 Å². The van der Waals surface area contributed by atoms with E-state index in [0.29, 0.717) is 11.4 Å². The predicted molar refractivity (Wildman–Crippen MR) is 94.1 cm³/mol. The molecule has 0 atom stereocenters. The van der Waals surface area contributed by atoms with Crippen molar-refractivity contribution in [1.29, 1.82) is 0 Å². The summed E-state index contributed by atoms with van der Waals surface area (Å²) in [5, 5.41) is 13.2. The van der Waals surface area contributed by atoms with Gasteiger partial charge in [0.1, 0.15) is 11.6 Å². The standard InChI is InChI=1S/C18H19ClFN3O2/c19-15-12-13(20)7-8-16(15)25-18-14(6-5-9-21-18)17(22-24)23-10-3-1-2-4-11-23/h5-9,12,24H,1-4,10-11H2/b22-17-. The van der Waals surface area contributed by atoms with E-state index in [9.17, 15) is 9.60 Å². The number of likely N-dealkylation sites (tertiary alicyclic amines) is 1. The van der Waals surface area contributed by atoms with Gasteiger partial charge in [0.25, 0.3) is 0 Å². The lowest BCUT2D eigenvalue weighted by molar-refractivity contribution is 0.301. The maximum atomic E-state index is 13.2. The van der Waals surface area contributed by atoms with Gasteiger partial charge in [-0.05, 0) is 43.2 Å². The molecule has 3 rings (SSSR count). The summed E-state index contributed by atoms with van der Waals surface area (Å²) in [6, 6.07) is 7.41. The van der Waals surface area contributed by atoms with Gasteiger partial charge in [-0.25, -0.2) is 9.37 Å². The zero-order valence-corrected chi connectivity index (χ0v) is 14.4. The number of benzene rings is 1. The Kier molecular flexibility index (Phi) is 5.71. The van der Waals surface area contributed by atoms with Crippen LogP contribution in [0.1, 0.15) is 31.2 Å². The molecule has 0 saturated carbocycles. The molecule has 0 radical (unpaired) electrons. The molecule has 1 aromatic carbocycles. The topological polar surface area (TPSA) is 58.0 Å². The molecule has 2 aromatic rings. The van der Waals surface area contributed by atoms with Crippen LogP contribution in [0.3, 0.4) is 0 Å². The summed E-state index contributed by atoms with van der Waals surface area (Å²) in [5.41, 5.74) is 0.562. The first-order valence-electron chi connectivity index (χ1n) is 8.24. The first-order chi connectivity index (χ1) is 12.2. The fourth-order valence-electron chi connectivity index (χ4n) is 2.87. The van der Waals surface area contributed by atoms with Gasteiger partial charge in [-0.2, -0.15) is 0 Å². The van der Waals surface area contributed by atoms with Crippen molar-refractivity contribution >= 4 is 17.4 Å². The van der Waals surface area contributed by atoms with Crippen molar-refractivity contribution in [3.63, 3.8) is 0 Å². The Morgan fingerprint density at radius 1 is 1.20 bits per heavy atom. The van der Waals surface area contributed by atoms with Crippen LogP contribution in [0, 0.1) is 5.82 Å². The molecule has 1 N–H and O–H groups in total. The van der Waals surface area contributed by atoms with E-state index in [-0.39, 0.29) is 16.7 Å². The van der Waals surface area contributed by atoms with Gasteiger partial charge in [-0.15, -0.1) is 0 Å². The van der Waals surface area contributed by atoms with Gasteiger partial charge in [0.05, 0.1) is 10.6 Å². The van der Waals surface area contributed by atoms with E-state index in [1.807, 2.05) is 4.90 Å². The SMILES string of the molecule is O/N=C(/c1cccnc1Oc1ccc(F)cc1Cl)N1CCCCCC1. The molecule has 5 nitrogen and oxygen atoms in total. The molecule has 0 bridgehead atoms. The van der Waals surface area contributed by atoms with Crippen LogP contribution >= 0.6 is 11.6 Å². The van der Waals surface area contributed by atoms with E-state index in [1.54, 1.807) is 18.3 Å². The lowest BCUT2D eigenvalue weighted by atomic mass is 10.2. The molecule has 132 valence electrons. The number of hydrogen-bond donors (Lipinski definition) is 1. The van der Waals surface area contributed by atoms with Crippen molar-refractivity contribution in [2.45, 2.75) is 25.7 Å². The number of amidine groups is 1. The summed E-state index contributed by atoms with van der Waals surface area (Å²) >= 11 is 6.03. The van der Waals surface area contributed by atoms with E-state index in [2.05, 4.69) is 10.1 Å². The van der Waals surface area contributed by atoms with Gasteiger partial charge in [0.2, 0.25) is 5.88 Å². The predicted octanol–water partition coefficient (Wildman–Crippen LogP) is 4.68. The first-order valence-corrected chi connectivity index (χ1v) is 8.62. The van der Waals surface area contributed by atoms with Gasteiger partial charge in [0.15, 0.2) is 5.84 Å². The van der Waals surface area contributed by atoms with Gasteiger partial charge >= 0.3 is 0 Å². The molecule has 25 heavy (non-hydrogen) atoms. The van der Waals surface area contributed by atoms with E-state index in [0.717, 1.165) is 38.8 Å². The molecule has 1 aromatic heterocycles. The quantitative estimate of drug-likeness (QED) is 0.372. The first kappa shape index (κ1) is 17.5. The summed E-state index contributed by atoms with van der Waals surface area (Å²) in [5.74, 6) is 0.522. The van der Waals surface area contributed by atoms with Crippen molar-refractivity contribution in [3.05, 3.63) is 52.9 Å². The normalized spacial score (nSPS) is 15.8. The number of aromatic nitrogens is 1. The zero-order chi connectivity index (χ0) is 17.6. The number of oxime groups is 1. The molecule has 0 spiro atoms. The highest BCUT2D eigenvalue weighted by Crippen LogP contribution is 2.31. The Balaban J connectivity index is 1.91. The minimum Gasteiger partial charge on any atom is -0.437 e. The Labute approximate surface area is 150 Å². The van der Waals surface area contributed by atoms with Gasteiger partial charge in [0, 0.05) is 19.3 Å². The van der Waals surface area contributed by atoms with Crippen molar-refractivity contribution in [2.75, 3.05) is 13.1 Å². The number of ether oxygens (including phenoxy) is 1. The molecule has 1 saturated heterocycles. The second kappa shape index (κ2) is 8.16. The molecule has 1 aliphatic rings. The van der Waals surface area contributed by atoms with Crippen molar-refractivity contribution in [3.8, 4) is 11.6 Å². The highest BCUT2D eigenvalue weighted by Gasteiger charge is 2.21. The Morgan fingerprint density at radius 3 is 2.64 bits per heavy atom. The molecule has 2 heterocycles. The summed E-state index contributed by atoms with van der Waals surface area (Å²) < 4.78 is 19.0. The van der Waals surface area contributed by atoms with Crippen LogP contribution in [0.5, 0.6) is 11.6 Å². The van der Waals surface area contributed by atoms with Crippen LogP contribution in [0.25, 0.3) is 0 Å². The van der Waals surface area contributed by atoms with Crippen molar-refractivity contribution in [2.24, 2.45) is 5.16 Å². The average Bonchev–Trinajstić information content (AvgIpc) is 2.89. The van der Waals surface area contributed by atoms with E-state index in [1.165, 1.54) is 18.2 Å². The number of hydrogen-bond acceptors (Lipinski definition) is 4. The van der Waals surface area contributed by atoms with Crippen LogP contribution in [0.4, 0.5) is 4.39 Å². The molecular weight excluding hydrogens is 345 g/mol. The Hall–Kier alpha value is -2.34. The number of nitrogens with zero attached hydrogens (tertiary/aromatic N) is 3. The fraction of sp³-hybridized carbons (Fsp3) is 0.333. The fourth-order valence-corrected chi connectivity index (χ4v) is 3.08. The smallest absolute Gasteiger partial charge is 0.230 e. The Morgan fingerprint density at radius 2 is 1.96 bits per heavy atom. The molecular formula is C18H19ClFN3O2. The molecule has 0 amide bonds. The molecule has 7 heteroatoms. The third-order valence-corrected chi connectivity index (χ3v) is 4.41. The maximum Gasteiger partial charge on any atom is 0.230 e. The summed E-state index contributed by atoms with van der Waals surface area (Å²) in [6.45, 7) is 1.62. The second-order valence-electron chi connectivity index (χ2n) is 5.86. The number of pyridine rings is 1. The van der Waals surface area contributed by atoms with Gasteiger partial charge < -0.3 is 14.8 Å². The number of halogens is 2. The lowest BCUT2D eigenvalue weighted by Gasteiger charge is -2.24. The third kappa shape index (κ3) is 4.20. The van der Waals surface area contributed by atoms with E-state index >= 15 is 0 Å². The largest absolute Gasteiger partial charge is 0.437 e. The number of rotatable bonds is 3. The van der Waals surface area contributed by atoms with Crippen LogP contribution in [-0.4, -0.2) is 34.0 Å². The zero-order valence-electron chi connectivity index (χ0n) is 13.7. The van der Waals surface area contributed by atoms with Crippen LogP contribution in [0.2, 0.25) is 5.02 Å². The van der Waals surface area contributed by atoms with E-state index < -0.39 is 5.82 Å². The Bertz CT molecular complexity index is 762. The summed E-state index contributed by atoms with van der Waals surface area (Å²) in [7, 11) is 0. The highest BCUT2D eigenvalue weighted by atomic mass is 35.5.